The molecule has 0 aromatic rings. The number of aliphatic carboxylic acids is 1. The van der Waals surface area contributed by atoms with Crippen LogP contribution in [-0.2, 0) is 4.79 Å². The van der Waals surface area contributed by atoms with Crippen molar-refractivity contribution in [2.75, 3.05) is 6.61 Å². The first-order chi connectivity index (χ1) is 11.2. The van der Waals surface area contributed by atoms with Crippen molar-refractivity contribution in [3.8, 4) is 0 Å². The van der Waals surface area contributed by atoms with Crippen molar-refractivity contribution in [2.45, 2.75) is 47.5 Å². The third-order valence-corrected chi connectivity index (χ3v) is 4.69. The molecule has 0 radical (unpaired) electrons. The lowest BCUT2D eigenvalue weighted by atomic mass is 9.69. The van der Waals surface area contributed by atoms with Crippen molar-refractivity contribution in [1.29, 1.82) is 0 Å². The molecule has 3 nitrogen and oxygen atoms in total. The predicted octanol–water partition coefficient (Wildman–Crippen LogP) is 4.82. The summed E-state index contributed by atoms with van der Waals surface area (Å²) < 4.78 is 0. The molecular weight excluding hydrogens is 300 g/mol. The van der Waals surface area contributed by atoms with E-state index in [1.807, 2.05) is 19.1 Å². The van der Waals surface area contributed by atoms with E-state index in [0.29, 0.717) is 5.57 Å². The van der Waals surface area contributed by atoms with E-state index in [1.165, 1.54) is 17.2 Å². The average molecular weight is 330 g/mol. The van der Waals surface area contributed by atoms with Gasteiger partial charge in [-0.25, -0.2) is 4.79 Å². The van der Waals surface area contributed by atoms with Gasteiger partial charge in [-0.05, 0) is 50.2 Å². The Morgan fingerprint density at radius 2 is 1.92 bits per heavy atom. The molecule has 24 heavy (non-hydrogen) atoms. The molecule has 0 unspecified atom stereocenters. The summed E-state index contributed by atoms with van der Waals surface area (Å²) >= 11 is 0. The summed E-state index contributed by atoms with van der Waals surface area (Å²) in [5.41, 5.74) is 4.52. The molecule has 0 aliphatic heterocycles. The van der Waals surface area contributed by atoms with Gasteiger partial charge in [0, 0.05) is 18.6 Å². The fourth-order valence-electron chi connectivity index (χ4n) is 3.09. The van der Waals surface area contributed by atoms with Crippen LogP contribution < -0.4 is 0 Å². The Balaban J connectivity index is 2.91. The van der Waals surface area contributed by atoms with Gasteiger partial charge < -0.3 is 10.2 Å². The smallest absolute Gasteiger partial charge is 0.328 e. The molecule has 0 heterocycles. The van der Waals surface area contributed by atoms with Crippen LogP contribution in [0.4, 0.5) is 0 Å². The number of rotatable bonds is 6. The highest BCUT2D eigenvalue weighted by atomic mass is 16.4. The number of hydrogen-bond acceptors (Lipinski definition) is 2. The molecule has 0 amide bonds. The Morgan fingerprint density at radius 1 is 1.25 bits per heavy atom. The Labute approximate surface area is 145 Å². The molecule has 0 spiro atoms. The molecule has 0 fully saturated rings. The first-order valence-corrected chi connectivity index (χ1v) is 8.43. The Bertz CT molecular complexity index is 613. The molecule has 0 bridgehead atoms. The fraction of sp³-hybridized carbons (Fsp3) is 0.476. The lowest BCUT2D eigenvalue weighted by molar-refractivity contribution is -0.131. The summed E-state index contributed by atoms with van der Waals surface area (Å²) in [4.78, 5) is 10.6. The fourth-order valence-corrected chi connectivity index (χ4v) is 3.09. The highest BCUT2D eigenvalue weighted by molar-refractivity contribution is 5.81. The molecule has 1 aliphatic carbocycles. The Kier molecular flexibility index (Phi) is 7.43. The van der Waals surface area contributed by atoms with Crippen LogP contribution in [0.2, 0.25) is 0 Å². The van der Waals surface area contributed by atoms with Crippen LogP contribution in [0, 0.1) is 11.3 Å². The van der Waals surface area contributed by atoms with Crippen LogP contribution in [0.25, 0.3) is 0 Å². The number of carbonyl (C=O) groups is 1. The van der Waals surface area contributed by atoms with Gasteiger partial charge in [-0.1, -0.05) is 55.4 Å². The quantitative estimate of drug-likeness (QED) is 0.542. The van der Waals surface area contributed by atoms with E-state index >= 15 is 0 Å². The largest absolute Gasteiger partial charge is 0.478 e. The highest BCUT2D eigenvalue weighted by Gasteiger charge is 2.31. The summed E-state index contributed by atoms with van der Waals surface area (Å²) in [7, 11) is 0. The van der Waals surface area contributed by atoms with Crippen molar-refractivity contribution in [3.05, 3.63) is 58.7 Å². The topological polar surface area (TPSA) is 57.5 Å². The first-order valence-electron chi connectivity index (χ1n) is 8.43. The normalized spacial score (nSPS) is 22.7. The lowest BCUT2D eigenvalue weighted by Gasteiger charge is -2.36. The van der Waals surface area contributed by atoms with E-state index in [4.69, 9.17) is 5.11 Å². The zero-order valence-electron chi connectivity index (χ0n) is 15.5. The van der Waals surface area contributed by atoms with Gasteiger partial charge in [0.2, 0.25) is 0 Å². The molecule has 0 aromatic heterocycles. The standard InChI is InChI=1S/C21H30O3/c1-15(7-6-8-16(2)13-20(23)24)9-10-19-17(3)18(14-22)11-12-21(19,4)5/h6-10,13,18,22H,11-12,14H2,1-5H3,(H,23,24)/b8-6+,10-9+,15-7+,16-13+/t18-/m1/s1. The van der Waals surface area contributed by atoms with Crippen LogP contribution in [0.1, 0.15) is 47.5 Å². The third kappa shape index (κ3) is 5.97. The minimum atomic E-state index is -0.932. The molecule has 0 saturated carbocycles. The summed E-state index contributed by atoms with van der Waals surface area (Å²) in [5, 5.41) is 18.2. The van der Waals surface area contributed by atoms with E-state index in [2.05, 4.69) is 32.9 Å². The van der Waals surface area contributed by atoms with Gasteiger partial charge in [0.1, 0.15) is 0 Å². The second kappa shape index (κ2) is 8.84. The summed E-state index contributed by atoms with van der Waals surface area (Å²) in [5.74, 6) is -0.663. The first kappa shape index (κ1) is 20.2. The molecule has 0 saturated heterocycles. The van der Waals surface area contributed by atoms with Gasteiger partial charge in [0.25, 0.3) is 0 Å². The van der Waals surface area contributed by atoms with E-state index in [1.54, 1.807) is 13.0 Å². The van der Waals surface area contributed by atoms with E-state index in [-0.39, 0.29) is 17.9 Å². The maximum Gasteiger partial charge on any atom is 0.328 e. The van der Waals surface area contributed by atoms with E-state index in [9.17, 15) is 9.90 Å². The molecule has 0 aromatic carbocycles. The highest BCUT2D eigenvalue weighted by Crippen LogP contribution is 2.43. The van der Waals surface area contributed by atoms with Gasteiger partial charge in [-0.15, -0.1) is 0 Å². The molecule has 1 atom stereocenters. The molecule has 2 N–H and O–H groups in total. The molecule has 132 valence electrons. The van der Waals surface area contributed by atoms with Gasteiger partial charge in [-0.3, -0.25) is 0 Å². The van der Waals surface area contributed by atoms with Crippen molar-refractivity contribution in [3.63, 3.8) is 0 Å². The van der Waals surface area contributed by atoms with E-state index in [0.717, 1.165) is 18.4 Å². The van der Waals surface area contributed by atoms with Crippen LogP contribution >= 0.6 is 0 Å². The number of carboxylic acid groups (broad SMARTS) is 1. The van der Waals surface area contributed by atoms with E-state index < -0.39 is 5.97 Å². The number of allylic oxidation sites excluding steroid dienone is 8. The van der Waals surface area contributed by atoms with Crippen LogP contribution in [0.5, 0.6) is 0 Å². The van der Waals surface area contributed by atoms with Crippen molar-refractivity contribution in [2.24, 2.45) is 11.3 Å². The van der Waals surface area contributed by atoms with Crippen molar-refractivity contribution >= 4 is 5.97 Å². The number of carboxylic acids is 1. The average Bonchev–Trinajstić information content (AvgIpc) is 2.45. The lowest BCUT2D eigenvalue weighted by Crippen LogP contribution is -2.26. The molecule has 1 rings (SSSR count). The van der Waals surface area contributed by atoms with Gasteiger partial charge in [-0.2, -0.15) is 0 Å². The second-order valence-electron chi connectivity index (χ2n) is 7.23. The minimum Gasteiger partial charge on any atom is -0.478 e. The van der Waals surface area contributed by atoms with Crippen LogP contribution in [-0.4, -0.2) is 22.8 Å². The van der Waals surface area contributed by atoms with Gasteiger partial charge in [0.15, 0.2) is 0 Å². The Hall–Kier alpha value is -1.87. The molecule has 3 heteroatoms. The minimum absolute atomic E-state index is 0.128. The van der Waals surface area contributed by atoms with Gasteiger partial charge >= 0.3 is 5.97 Å². The summed E-state index contributed by atoms with van der Waals surface area (Å²) in [6.45, 7) is 10.6. The number of hydrogen-bond donors (Lipinski definition) is 2. The van der Waals surface area contributed by atoms with Crippen LogP contribution in [0.15, 0.2) is 58.7 Å². The number of aliphatic hydroxyl groups is 1. The monoisotopic (exact) mass is 330 g/mol. The Morgan fingerprint density at radius 3 is 2.50 bits per heavy atom. The maximum atomic E-state index is 10.6. The number of aliphatic hydroxyl groups excluding tert-OH is 1. The summed E-state index contributed by atoms with van der Waals surface area (Å²) in [6, 6.07) is 0. The SMILES string of the molecule is CC1=C(/C=C/C(C)=C/C=C/C(C)=C/C(=O)O)C(C)(C)CC[C@@H]1CO. The predicted molar refractivity (Wildman–Crippen MR) is 99.7 cm³/mol. The maximum absolute atomic E-state index is 10.6. The van der Waals surface area contributed by atoms with Crippen molar-refractivity contribution < 1.29 is 15.0 Å². The van der Waals surface area contributed by atoms with Crippen molar-refractivity contribution in [1.82, 2.24) is 0 Å². The third-order valence-electron chi connectivity index (χ3n) is 4.69. The zero-order valence-corrected chi connectivity index (χ0v) is 15.5. The molecular formula is C21H30O3. The zero-order chi connectivity index (χ0) is 18.3. The summed E-state index contributed by atoms with van der Waals surface area (Å²) in [6.07, 6.45) is 13.2. The molecule has 1 aliphatic rings. The van der Waals surface area contributed by atoms with Crippen LogP contribution in [0.3, 0.4) is 0 Å². The second-order valence-corrected chi connectivity index (χ2v) is 7.23. The van der Waals surface area contributed by atoms with Gasteiger partial charge in [0.05, 0.1) is 0 Å².